The molecule has 2 rings (SSSR count). The third-order valence-corrected chi connectivity index (χ3v) is 3.47. The molecule has 1 saturated carbocycles. The van der Waals surface area contributed by atoms with E-state index < -0.39 is 0 Å². The second kappa shape index (κ2) is 5.67. The van der Waals surface area contributed by atoms with Crippen LogP contribution in [0.3, 0.4) is 0 Å². The standard InChI is InChI=1S/C15H19NO/c16-15(17)11-10-13-8-4-5-9-14(13)12-6-2-1-3-7-12/h4-5,8-12H,1-3,6-7H2,(H2,16,17)/b11-10+. The Balaban J connectivity index is 2.23. The lowest BCUT2D eigenvalue weighted by Crippen LogP contribution is -2.07. The van der Waals surface area contributed by atoms with E-state index in [0.29, 0.717) is 5.92 Å². The molecule has 0 bridgehead atoms. The summed E-state index contributed by atoms with van der Waals surface area (Å²) in [6.07, 6.45) is 9.81. The van der Waals surface area contributed by atoms with Crippen molar-refractivity contribution in [2.75, 3.05) is 0 Å². The zero-order chi connectivity index (χ0) is 12.1. The van der Waals surface area contributed by atoms with Gasteiger partial charge in [-0.1, -0.05) is 43.5 Å². The molecule has 0 radical (unpaired) electrons. The molecular weight excluding hydrogens is 210 g/mol. The molecule has 1 fully saturated rings. The molecule has 1 aromatic carbocycles. The normalized spacial score (nSPS) is 17.4. The Morgan fingerprint density at radius 1 is 1.18 bits per heavy atom. The van der Waals surface area contributed by atoms with Gasteiger partial charge in [-0.25, -0.2) is 0 Å². The highest BCUT2D eigenvalue weighted by molar-refractivity contribution is 5.90. The highest BCUT2D eigenvalue weighted by atomic mass is 16.1. The lowest BCUT2D eigenvalue weighted by molar-refractivity contribution is -0.113. The number of benzene rings is 1. The van der Waals surface area contributed by atoms with Crippen LogP contribution in [-0.4, -0.2) is 5.91 Å². The molecule has 0 atom stereocenters. The van der Waals surface area contributed by atoms with Crippen LogP contribution in [0, 0.1) is 0 Å². The first kappa shape index (κ1) is 11.9. The van der Waals surface area contributed by atoms with E-state index in [2.05, 4.69) is 18.2 Å². The van der Waals surface area contributed by atoms with Gasteiger partial charge in [-0.05, 0) is 36.0 Å². The molecule has 90 valence electrons. The Kier molecular flexibility index (Phi) is 3.97. The highest BCUT2D eigenvalue weighted by Gasteiger charge is 2.17. The monoisotopic (exact) mass is 229 g/mol. The molecule has 2 N–H and O–H groups in total. The largest absolute Gasteiger partial charge is 0.366 e. The van der Waals surface area contributed by atoms with Crippen molar-refractivity contribution >= 4 is 12.0 Å². The zero-order valence-corrected chi connectivity index (χ0v) is 10.1. The Morgan fingerprint density at radius 3 is 2.59 bits per heavy atom. The van der Waals surface area contributed by atoms with E-state index in [0.717, 1.165) is 5.56 Å². The minimum absolute atomic E-state index is 0.386. The summed E-state index contributed by atoms with van der Waals surface area (Å²) in [5.74, 6) is 0.265. The topological polar surface area (TPSA) is 43.1 Å². The first-order valence-electron chi connectivity index (χ1n) is 6.34. The van der Waals surface area contributed by atoms with Crippen molar-refractivity contribution in [3.05, 3.63) is 41.5 Å². The van der Waals surface area contributed by atoms with Gasteiger partial charge in [0.25, 0.3) is 0 Å². The van der Waals surface area contributed by atoms with Crippen LogP contribution in [0.15, 0.2) is 30.3 Å². The second-order valence-electron chi connectivity index (χ2n) is 4.70. The van der Waals surface area contributed by atoms with E-state index in [1.165, 1.54) is 43.7 Å². The summed E-state index contributed by atoms with van der Waals surface area (Å²) in [7, 11) is 0. The average molecular weight is 229 g/mol. The molecule has 2 heteroatoms. The van der Waals surface area contributed by atoms with Gasteiger partial charge in [0.2, 0.25) is 5.91 Å². The number of hydrogen-bond acceptors (Lipinski definition) is 1. The molecule has 1 amide bonds. The van der Waals surface area contributed by atoms with Crippen molar-refractivity contribution in [2.24, 2.45) is 5.73 Å². The number of rotatable bonds is 3. The lowest BCUT2D eigenvalue weighted by atomic mass is 9.82. The molecule has 0 saturated heterocycles. The van der Waals surface area contributed by atoms with Gasteiger partial charge in [0.05, 0.1) is 0 Å². The van der Waals surface area contributed by atoms with Gasteiger partial charge in [0, 0.05) is 6.08 Å². The lowest BCUT2D eigenvalue weighted by Gasteiger charge is -2.23. The molecule has 2 nitrogen and oxygen atoms in total. The number of nitrogens with two attached hydrogens (primary N) is 1. The van der Waals surface area contributed by atoms with Crippen molar-refractivity contribution < 1.29 is 4.79 Å². The summed E-state index contributed by atoms with van der Waals surface area (Å²) in [5, 5.41) is 0. The van der Waals surface area contributed by atoms with E-state index in [1.807, 2.05) is 12.1 Å². The molecule has 0 spiro atoms. The predicted molar refractivity (Wildman–Crippen MR) is 70.5 cm³/mol. The van der Waals surface area contributed by atoms with Gasteiger partial charge in [-0.15, -0.1) is 0 Å². The van der Waals surface area contributed by atoms with Crippen LogP contribution < -0.4 is 5.73 Å². The molecule has 1 aromatic rings. The maximum atomic E-state index is 10.8. The minimum Gasteiger partial charge on any atom is -0.366 e. The van der Waals surface area contributed by atoms with E-state index in [-0.39, 0.29) is 5.91 Å². The van der Waals surface area contributed by atoms with Crippen LogP contribution in [0.25, 0.3) is 6.08 Å². The average Bonchev–Trinajstić information content (AvgIpc) is 2.38. The third kappa shape index (κ3) is 3.19. The maximum absolute atomic E-state index is 10.8. The molecule has 17 heavy (non-hydrogen) atoms. The van der Waals surface area contributed by atoms with Gasteiger partial charge in [-0.2, -0.15) is 0 Å². The van der Waals surface area contributed by atoms with Gasteiger partial charge in [-0.3, -0.25) is 4.79 Å². The van der Waals surface area contributed by atoms with Crippen molar-refractivity contribution in [2.45, 2.75) is 38.0 Å². The maximum Gasteiger partial charge on any atom is 0.241 e. The number of amides is 1. The third-order valence-electron chi connectivity index (χ3n) is 3.47. The van der Waals surface area contributed by atoms with Crippen LogP contribution in [-0.2, 0) is 4.79 Å². The van der Waals surface area contributed by atoms with Gasteiger partial charge >= 0.3 is 0 Å². The summed E-state index contributed by atoms with van der Waals surface area (Å²) in [6, 6.07) is 8.32. The van der Waals surface area contributed by atoms with E-state index in [4.69, 9.17) is 5.73 Å². The van der Waals surface area contributed by atoms with Crippen LogP contribution in [0.4, 0.5) is 0 Å². The van der Waals surface area contributed by atoms with Crippen LogP contribution in [0.2, 0.25) is 0 Å². The molecule has 1 aliphatic rings. The fourth-order valence-corrected chi connectivity index (χ4v) is 2.62. The van der Waals surface area contributed by atoms with Gasteiger partial charge in [0.1, 0.15) is 0 Å². The molecule has 0 heterocycles. The van der Waals surface area contributed by atoms with Crippen LogP contribution in [0.5, 0.6) is 0 Å². The quantitative estimate of drug-likeness (QED) is 0.794. The van der Waals surface area contributed by atoms with Gasteiger partial charge < -0.3 is 5.73 Å². The Morgan fingerprint density at radius 2 is 1.88 bits per heavy atom. The number of carbonyl (C=O) groups is 1. The summed E-state index contributed by atoms with van der Waals surface area (Å²) in [4.78, 5) is 10.8. The second-order valence-corrected chi connectivity index (χ2v) is 4.70. The van der Waals surface area contributed by atoms with Crippen molar-refractivity contribution in [3.63, 3.8) is 0 Å². The SMILES string of the molecule is NC(=O)/C=C/c1ccccc1C1CCCCC1. The zero-order valence-electron chi connectivity index (χ0n) is 10.1. The van der Waals surface area contributed by atoms with Crippen molar-refractivity contribution in [1.82, 2.24) is 0 Å². The fraction of sp³-hybridized carbons (Fsp3) is 0.400. The van der Waals surface area contributed by atoms with Crippen molar-refractivity contribution in [3.8, 4) is 0 Å². The van der Waals surface area contributed by atoms with E-state index >= 15 is 0 Å². The van der Waals surface area contributed by atoms with Crippen LogP contribution >= 0.6 is 0 Å². The van der Waals surface area contributed by atoms with E-state index in [9.17, 15) is 4.79 Å². The molecule has 1 aliphatic carbocycles. The summed E-state index contributed by atoms with van der Waals surface area (Å²) in [6.45, 7) is 0. The predicted octanol–water partition coefficient (Wildman–Crippen LogP) is 3.23. The minimum atomic E-state index is -0.386. The molecule has 0 aromatic heterocycles. The fourth-order valence-electron chi connectivity index (χ4n) is 2.62. The highest BCUT2D eigenvalue weighted by Crippen LogP contribution is 2.34. The Labute approximate surface area is 103 Å². The summed E-state index contributed by atoms with van der Waals surface area (Å²) < 4.78 is 0. The Bertz CT molecular complexity index is 417. The molecular formula is C15H19NO. The number of hydrogen-bond donors (Lipinski definition) is 1. The Hall–Kier alpha value is -1.57. The number of carbonyl (C=O) groups excluding carboxylic acids is 1. The van der Waals surface area contributed by atoms with Crippen molar-refractivity contribution in [1.29, 1.82) is 0 Å². The summed E-state index contributed by atoms with van der Waals surface area (Å²) >= 11 is 0. The van der Waals surface area contributed by atoms with Crippen LogP contribution in [0.1, 0.15) is 49.1 Å². The first-order valence-corrected chi connectivity index (χ1v) is 6.34. The van der Waals surface area contributed by atoms with E-state index in [1.54, 1.807) is 0 Å². The smallest absolute Gasteiger partial charge is 0.241 e. The molecule has 0 unspecified atom stereocenters. The first-order chi connectivity index (χ1) is 8.27. The summed E-state index contributed by atoms with van der Waals surface area (Å²) in [5.41, 5.74) is 7.65. The van der Waals surface area contributed by atoms with Gasteiger partial charge in [0.15, 0.2) is 0 Å². The molecule has 0 aliphatic heterocycles. The number of primary amides is 1.